The number of ether oxygens (including phenoxy) is 1. The first-order valence-corrected chi connectivity index (χ1v) is 13.8. The van der Waals surface area contributed by atoms with Crippen molar-refractivity contribution in [2.24, 2.45) is 5.92 Å². The number of nitrogens with one attached hydrogen (secondary N) is 4. The zero-order chi connectivity index (χ0) is 26.2. The Morgan fingerprint density at radius 1 is 0.947 bits per heavy atom. The lowest BCUT2D eigenvalue weighted by Gasteiger charge is -2.26. The van der Waals surface area contributed by atoms with Crippen LogP contribution in [0.1, 0.15) is 50.5 Å². The average Bonchev–Trinajstić information content (AvgIpc) is 3.48. The molecule has 3 aromatic rings. The molecule has 1 aliphatic carbocycles. The maximum Gasteiger partial charge on any atom is 0.233 e. The molecular formula is C29H38FN7O. The van der Waals surface area contributed by atoms with Gasteiger partial charge in [0.1, 0.15) is 0 Å². The van der Waals surface area contributed by atoms with Gasteiger partial charge in [0.15, 0.2) is 11.6 Å². The van der Waals surface area contributed by atoms with E-state index in [1.807, 2.05) is 6.07 Å². The molecule has 1 aromatic heterocycles. The number of aromatic nitrogens is 3. The van der Waals surface area contributed by atoms with E-state index in [1.165, 1.54) is 50.8 Å². The van der Waals surface area contributed by atoms with Gasteiger partial charge in [0.05, 0.1) is 7.11 Å². The van der Waals surface area contributed by atoms with Crippen LogP contribution in [0.4, 0.5) is 27.9 Å². The fourth-order valence-electron chi connectivity index (χ4n) is 5.46. The Labute approximate surface area is 224 Å². The molecule has 0 amide bonds. The third kappa shape index (κ3) is 7.10. The summed E-state index contributed by atoms with van der Waals surface area (Å²) in [7, 11) is 1.45. The zero-order valence-corrected chi connectivity index (χ0v) is 22.0. The largest absolute Gasteiger partial charge is 0.494 e. The maximum absolute atomic E-state index is 14.3. The highest BCUT2D eigenvalue weighted by atomic mass is 19.1. The fraction of sp³-hybridized carbons (Fsp3) is 0.483. The topological polar surface area (TPSA) is 96.0 Å². The van der Waals surface area contributed by atoms with Gasteiger partial charge in [-0.25, -0.2) is 4.39 Å². The molecule has 1 saturated carbocycles. The number of anilines is 4. The smallest absolute Gasteiger partial charge is 0.233 e. The Bertz CT molecular complexity index is 1170. The number of halogens is 1. The molecule has 2 heterocycles. The van der Waals surface area contributed by atoms with Gasteiger partial charge >= 0.3 is 0 Å². The minimum atomic E-state index is -0.448. The summed E-state index contributed by atoms with van der Waals surface area (Å²) in [5, 5.41) is 13.8. The summed E-state index contributed by atoms with van der Waals surface area (Å²) in [5.41, 5.74) is 1.80. The fourth-order valence-corrected chi connectivity index (χ4v) is 5.46. The molecule has 202 valence electrons. The predicted octanol–water partition coefficient (Wildman–Crippen LogP) is 5.53. The van der Waals surface area contributed by atoms with Gasteiger partial charge in [-0.3, -0.25) is 0 Å². The Kier molecular flexibility index (Phi) is 8.86. The number of rotatable bonds is 11. The molecule has 2 aliphatic rings. The van der Waals surface area contributed by atoms with Crippen LogP contribution in [-0.2, 0) is 6.42 Å². The standard InChI is InChI=1S/C29H38FN7O/c1-38-26-15-14-22(18-23(26)30)33-28-35-27(32-19-21-11-6-3-7-12-21)36-29(37-28)34-25(24-13-8-16-31-24)17-20-9-4-2-5-10-20/h2,4-5,9-10,14-15,18,21,24-25,31H,3,6-8,11-13,16-17,19H2,1H3,(H3,32,33,34,35,36,37). The molecule has 0 bridgehead atoms. The molecule has 0 radical (unpaired) electrons. The summed E-state index contributed by atoms with van der Waals surface area (Å²) in [5.74, 6) is 1.74. The second kappa shape index (κ2) is 12.9. The Hall–Kier alpha value is -3.46. The third-order valence-corrected chi connectivity index (χ3v) is 7.51. The number of benzene rings is 2. The van der Waals surface area contributed by atoms with Crippen LogP contribution < -0.4 is 26.0 Å². The minimum Gasteiger partial charge on any atom is -0.494 e. The summed E-state index contributed by atoms with van der Waals surface area (Å²) < 4.78 is 19.4. The molecule has 8 nitrogen and oxygen atoms in total. The first kappa shape index (κ1) is 26.2. The van der Waals surface area contributed by atoms with Crippen molar-refractivity contribution < 1.29 is 9.13 Å². The van der Waals surface area contributed by atoms with E-state index >= 15 is 0 Å². The molecule has 2 atom stereocenters. The Morgan fingerprint density at radius 2 is 1.74 bits per heavy atom. The quantitative estimate of drug-likeness (QED) is 0.263. The molecule has 2 aromatic carbocycles. The van der Waals surface area contributed by atoms with Crippen LogP contribution >= 0.6 is 0 Å². The van der Waals surface area contributed by atoms with E-state index in [4.69, 9.17) is 9.72 Å². The van der Waals surface area contributed by atoms with Crippen LogP contribution in [-0.4, -0.2) is 47.2 Å². The van der Waals surface area contributed by atoms with Crippen molar-refractivity contribution in [2.75, 3.05) is 36.1 Å². The molecule has 4 N–H and O–H groups in total. The van der Waals surface area contributed by atoms with E-state index < -0.39 is 5.82 Å². The highest BCUT2D eigenvalue weighted by Gasteiger charge is 2.26. The summed E-state index contributed by atoms with van der Waals surface area (Å²) in [6, 6.07) is 15.6. The summed E-state index contributed by atoms with van der Waals surface area (Å²) in [6.45, 7) is 1.84. The average molecular weight is 520 g/mol. The van der Waals surface area contributed by atoms with Crippen LogP contribution in [0.3, 0.4) is 0 Å². The van der Waals surface area contributed by atoms with Crippen molar-refractivity contribution in [3.63, 3.8) is 0 Å². The number of hydrogen-bond donors (Lipinski definition) is 4. The SMILES string of the molecule is COc1ccc(Nc2nc(NCC3CCCCC3)nc(NC(Cc3ccccc3)C3CCCN3)n2)cc1F. The van der Waals surface area contributed by atoms with Crippen LogP contribution in [0.25, 0.3) is 0 Å². The Morgan fingerprint density at radius 3 is 2.47 bits per heavy atom. The van der Waals surface area contributed by atoms with Crippen molar-refractivity contribution in [3.05, 3.63) is 59.9 Å². The van der Waals surface area contributed by atoms with Crippen LogP contribution in [0.15, 0.2) is 48.5 Å². The lowest BCUT2D eigenvalue weighted by molar-refractivity contribution is 0.373. The van der Waals surface area contributed by atoms with Crippen molar-refractivity contribution >= 4 is 23.5 Å². The van der Waals surface area contributed by atoms with E-state index in [0.29, 0.717) is 35.5 Å². The highest BCUT2D eigenvalue weighted by molar-refractivity contribution is 5.57. The lowest BCUT2D eigenvalue weighted by Crippen LogP contribution is -2.42. The highest BCUT2D eigenvalue weighted by Crippen LogP contribution is 2.26. The third-order valence-electron chi connectivity index (χ3n) is 7.51. The van der Waals surface area contributed by atoms with Gasteiger partial charge < -0.3 is 26.0 Å². The van der Waals surface area contributed by atoms with Gasteiger partial charge in [-0.15, -0.1) is 0 Å². The molecule has 5 rings (SSSR count). The summed E-state index contributed by atoms with van der Waals surface area (Å²) >= 11 is 0. The maximum atomic E-state index is 14.3. The monoisotopic (exact) mass is 519 g/mol. The molecule has 1 aliphatic heterocycles. The van der Waals surface area contributed by atoms with Crippen molar-refractivity contribution in [3.8, 4) is 5.75 Å². The van der Waals surface area contributed by atoms with Gasteiger partial charge in [0, 0.05) is 30.4 Å². The van der Waals surface area contributed by atoms with Crippen LogP contribution in [0.2, 0.25) is 0 Å². The molecule has 2 fully saturated rings. The van der Waals surface area contributed by atoms with E-state index in [2.05, 4.69) is 55.5 Å². The summed E-state index contributed by atoms with van der Waals surface area (Å²) in [4.78, 5) is 14.1. The first-order valence-electron chi connectivity index (χ1n) is 13.8. The first-order chi connectivity index (χ1) is 18.7. The van der Waals surface area contributed by atoms with Gasteiger partial charge in [-0.05, 0) is 62.3 Å². The normalized spacial score (nSPS) is 18.6. The molecule has 38 heavy (non-hydrogen) atoms. The van der Waals surface area contributed by atoms with E-state index in [9.17, 15) is 4.39 Å². The van der Waals surface area contributed by atoms with Gasteiger partial charge in [-0.2, -0.15) is 15.0 Å². The number of nitrogens with zero attached hydrogens (tertiary/aromatic N) is 3. The Balaban J connectivity index is 1.38. The minimum absolute atomic E-state index is 0.111. The van der Waals surface area contributed by atoms with E-state index in [1.54, 1.807) is 12.1 Å². The molecular weight excluding hydrogens is 481 g/mol. The molecule has 1 saturated heterocycles. The van der Waals surface area contributed by atoms with Gasteiger partial charge in [-0.1, -0.05) is 49.6 Å². The lowest BCUT2D eigenvalue weighted by atomic mass is 9.89. The van der Waals surface area contributed by atoms with Crippen molar-refractivity contribution in [1.82, 2.24) is 20.3 Å². The second-order valence-corrected chi connectivity index (χ2v) is 10.3. The zero-order valence-electron chi connectivity index (χ0n) is 22.0. The van der Waals surface area contributed by atoms with Crippen LogP contribution in [0, 0.1) is 11.7 Å². The van der Waals surface area contributed by atoms with E-state index in [0.717, 1.165) is 32.4 Å². The van der Waals surface area contributed by atoms with Gasteiger partial charge in [0.25, 0.3) is 0 Å². The van der Waals surface area contributed by atoms with Crippen molar-refractivity contribution in [2.45, 2.75) is 63.5 Å². The predicted molar refractivity (Wildman–Crippen MR) is 150 cm³/mol. The van der Waals surface area contributed by atoms with E-state index in [-0.39, 0.29) is 11.8 Å². The van der Waals surface area contributed by atoms with Crippen molar-refractivity contribution in [1.29, 1.82) is 0 Å². The molecule has 2 unspecified atom stereocenters. The van der Waals surface area contributed by atoms with Crippen LogP contribution in [0.5, 0.6) is 5.75 Å². The molecule has 9 heteroatoms. The second-order valence-electron chi connectivity index (χ2n) is 10.3. The molecule has 0 spiro atoms. The summed E-state index contributed by atoms with van der Waals surface area (Å²) in [6.07, 6.45) is 9.43. The number of hydrogen-bond acceptors (Lipinski definition) is 8. The van der Waals surface area contributed by atoms with Gasteiger partial charge in [0.2, 0.25) is 17.8 Å². The number of methoxy groups -OCH3 is 1.